The molecule has 2 amide bonds. The van der Waals surface area contributed by atoms with Crippen LogP contribution in [0.2, 0.25) is 0 Å². The van der Waals surface area contributed by atoms with E-state index in [1.807, 2.05) is 0 Å². The summed E-state index contributed by atoms with van der Waals surface area (Å²) in [6.45, 7) is 1.85. The molecule has 7 nitrogen and oxygen atoms in total. The number of urea groups is 1. The summed E-state index contributed by atoms with van der Waals surface area (Å²) in [5.41, 5.74) is 2.10. The molecule has 0 bridgehead atoms. The fourth-order valence-electron chi connectivity index (χ4n) is 4.03. The molecule has 176 valence electrons. The standard InChI is InChI=1S/C26H21F2N5O2/c27-18-4-6-20(7-5-18)30-26(35)31-21-12-17(11-19(28)14-21)25(34)16-3-8-22-23(13-16)32-24(15-29-22)33-9-1-2-10-33/h3-8,11-15H,1-2,9-10H2,(H2,30,31,35). The van der Waals surface area contributed by atoms with Crippen LogP contribution in [0.3, 0.4) is 0 Å². The summed E-state index contributed by atoms with van der Waals surface area (Å²) < 4.78 is 27.4. The minimum Gasteiger partial charge on any atom is -0.355 e. The summed E-state index contributed by atoms with van der Waals surface area (Å²) in [6, 6.07) is 13.1. The summed E-state index contributed by atoms with van der Waals surface area (Å²) in [4.78, 5) is 36.7. The molecule has 3 aromatic carbocycles. The molecule has 1 aliphatic heterocycles. The van der Waals surface area contributed by atoms with Gasteiger partial charge in [0.05, 0.1) is 17.2 Å². The van der Waals surface area contributed by atoms with E-state index in [2.05, 4.69) is 25.5 Å². The number of fused-ring (bicyclic) bond motifs is 1. The van der Waals surface area contributed by atoms with E-state index in [1.165, 1.54) is 30.3 Å². The van der Waals surface area contributed by atoms with Crippen LogP contribution in [0, 0.1) is 11.6 Å². The maximum atomic E-state index is 14.3. The summed E-state index contributed by atoms with van der Waals surface area (Å²) in [6.07, 6.45) is 3.95. The van der Waals surface area contributed by atoms with Crippen molar-refractivity contribution in [2.24, 2.45) is 0 Å². The Hall–Kier alpha value is -4.40. The van der Waals surface area contributed by atoms with Gasteiger partial charge in [0, 0.05) is 35.6 Å². The Morgan fingerprint density at radius 2 is 1.51 bits per heavy atom. The second-order valence-corrected chi connectivity index (χ2v) is 8.27. The van der Waals surface area contributed by atoms with Gasteiger partial charge in [-0.05, 0) is 73.5 Å². The van der Waals surface area contributed by atoms with Gasteiger partial charge in [0.2, 0.25) is 0 Å². The molecule has 0 saturated carbocycles. The third kappa shape index (κ3) is 5.08. The maximum absolute atomic E-state index is 14.3. The van der Waals surface area contributed by atoms with Gasteiger partial charge in [-0.1, -0.05) is 0 Å². The van der Waals surface area contributed by atoms with Gasteiger partial charge in [0.15, 0.2) is 5.78 Å². The molecule has 1 aromatic heterocycles. The van der Waals surface area contributed by atoms with E-state index in [-0.39, 0.29) is 11.3 Å². The Morgan fingerprint density at radius 3 is 2.29 bits per heavy atom. The van der Waals surface area contributed by atoms with E-state index in [0.29, 0.717) is 22.3 Å². The lowest BCUT2D eigenvalue weighted by Gasteiger charge is -2.16. The van der Waals surface area contributed by atoms with Crippen molar-refractivity contribution >= 4 is 40.0 Å². The average molecular weight is 473 g/mol. The zero-order valence-electron chi connectivity index (χ0n) is 18.6. The zero-order valence-corrected chi connectivity index (χ0v) is 18.6. The summed E-state index contributed by atoms with van der Waals surface area (Å²) in [5.74, 6) is -0.758. The van der Waals surface area contributed by atoms with E-state index < -0.39 is 23.4 Å². The topological polar surface area (TPSA) is 87.2 Å². The SMILES string of the molecule is O=C(Nc1ccc(F)cc1)Nc1cc(F)cc(C(=O)c2ccc3ncc(N4CCCC4)nc3c2)c1. The van der Waals surface area contributed by atoms with Crippen LogP contribution < -0.4 is 15.5 Å². The van der Waals surface area contributed by atoms with Crippen LogP contribution in [0.4, 0.5) is 30.8 Å². The first-order valence-electron chi connectivity index (χ1n) is 11.2. The number of anilines is 3. The van der Waals surface area contributed by atoms with Crippen molar-refractivity contribution in [1.29, 1.82) is 0 Å². The number of hydrogen-bond donors (Lipinski definition) is 2. The van der Waals surface area contributed by atoms with Gasteiger partial charge in [-0.2, -0.15) is 0 Å². The van der Waals surface area contributed by atoms with Crippen molar-refractivity contribution in [3.63, 3.8) is 0 Å². The van der Waals surface area contributed by atoms with Crippen LogP contribution >= 0.6 is 0 Å². The number of benzene rings is 3. The Kier molecular flexibility index (Phi) is 6.05. The van der Waals surface area contributed by atoms with E-state index in [4.69, 9.17) is 0 Å². The molecule has 4 aromatic rings. The number of hydrogen-bond acceptors (Lipinski definition) is 5. The normalized spacial score (nSPS) is 13.1. The lowest BCUT2D eigenvalue weighted by Crippen LogP contribution is -2.19. The molecule has 35 heavy (non-hydrogen) atoms. The molecule has 0 atom stereocenters. The van der Waals surface area contributed by atoms with Gasteiger partial charge in [-0.25, -0.2) is 18.6 Å². The van der Waals surface area contributed by atoms with Crippen LogP contribution in [0.15, 0.2) is 66.9 Å². The van der Waals surface area contributed by atoms with Crippen molar-refractivity contribution in [2.45, 2.75) is 12.8 Å². The Labute approximate surface area is 199 Å². The van der Waals surface area contributed by atoms with E-state index in [0.717, 1.165) is 43.9 Å². The van der Waals surface area contributed by atoms with Crippen LogP contribution in [0.25, 0.3) is 11.0 Å². The zero-order chi connectivity index (χ0) is 24.4. The third-order valence-electron chi connectivity index (χ3n) is 5.74. The Bertz CT molecular complexity index is 1420. The van der Waals surface area contributed by atoms with Crippen molar-refractivity contribution in [3.05, 3.63) is 89.6 Å². The highest BCUT2D eigenvalue weighted by Gasteiger charge is 2.17. The molecule has 1 fully saturated rings. The predicted molar refractivity (Wildman–Crippen MR) is 130 cm³/mol. The Morgan fingerprint density at radius 1 is 0.771 bits per heavy atom. The Balaban J connectivity index is 1.36. The van der Waals surface area contributed by atoms with Crippen molar-refractivity contribution in [1.82, 2.24) is 9.97 Å². The third-order valence-corrected chi connectivity index (χ3v) is 5.74. The number of ketones is 1. The van der Waals surface area contributed by atoms with Crippen molar-refractivity contribution in [2.75, 3.05) is 28.6 Å². The van der Waals surface area contributed by atoms with Gasteiger partial charge in [-0.15, -0.1) is 0 Å². The van der Waals surface area contributed by atoms with Gasteiger partial charge in [0.1, 0.15) is 17.5 Å². The molecule has 0 unspecified atom stereocenters. The highest BCUT2D eigenvalue weighted by Crippen LogP contribution is 2.23. The van der Waals surface area contributed by atoms with Crippen molar-refractivity contribution in [3.8, 4) is 0 Å². The largest absolute Gasteiger partial charge is 0.355 e. The minimum atomic E-state index is -0.676. The number of carbonyl (C=O) groups is 2. The van der Waals surface area contributed by atoms with E-state index in [1.54, 1.807) is 24.4 Å². The monoisotopic (exact) mass is 473 g/mol. The van der Waals surface area contributed by atoms with Crippen LogP contribution in [-0.2, 0) is 0 Å². The van der Waals surface area contributed by atoms with Crippen LogP contribution in [0.1, 0.15) is 28.8 Å². The molecule has 9 heteroatoms. The number of nitrogens with one attached hydrogen (secondary N) is 2. The summed E-state index contributed by atoms with van der Waals surface area (Å²) >= 11 is 0. The number of rotatable bonds is 5. The molecule has 0 radical (unpaired) electrons. The average Bonchev–Trinajstić information content (AvgIpc) is 3.39. The first-order chi connectivity index (χ1) is 16.9. The smallest absolute Gasteiger partial charge is 0.323 e. The predicted octanol–water partition coefficient (Wildman–Crippen LogP) is 5.38. The number of amides is 2. The number of carbonyl (C=O) groups excluding carboxylic acids is 2. The number of halogens is 2. The molecular weight excluding hydrogens is 452 g/mol. The van der Waals surface area contributed by atoms with Crippen LogP contribution in [0.5, 0.6) is 0 Å². The number of nitrogens with zero attached hydrogens (tertiary/aromatic N) is 3. The highest BCUT2D eigenvalue weighted by atomic mass is 19.1. The summed E-state index contributed by atoms with van der Waals surface area (Å²) in [5, 5.41) is 5.02. The fraction of sp³-hybridized carbons (Fsp3) is 0.154. The maximum Gasteiger partial charge on any atom is 0.323 e. The minimum absolute atomic E-state index is 0.0742. The molecule has 2 heterocycles. The molecule has 0 aliphatic carbocycles. The molecule has 1 aliphatic rings. The molecule has 2 N–H and O–H groups in total. The first kappa shape index (κ1) is 22.4. The first-order valence-corrected chi connectivity index (χ1v) is 11.2. The second-order valence-electron chi connectivity index (χ2n) is 8.27. The van der Waals surface area contributed by atoms with E-state index >= 15 is 0 Å². The molecular formula is C26H21F2N5O2. The molecule has 0 spiro atoms. The van der Waals surface area contributed by atoms with Crippen molar-refractivity contribution < 1.29 is 18.4 Å². The van der Waals surface area contributed by atoms with E-state index in [9.17, 15) is 18.4 Å². The van der Waals surface area contributed by atoms with Gasteiger partial charge >= 0.3 is 6.03 Å². The fourth-order valence-corrected chi connectivity index (χ4v) is 4.03. The van der Waals surface area contributed by atoms with Crippen LogP contribution in [-0.4, -0.2) is 34.9 Å². The molecule has 1 saturated heterocycles. The molecule has 5 rings (SSSR count). The summed E-state index contributed by atoms with van der Waals surface area (Å²) in [7, 11) is 0. The van der Waals surface area contributed by atoms with Gasteiger partial charge in [0.25, 0.3) is 0 Å². The highest BCUT2D eigenvalue weighted by molar-refractivity contribution is 6.11. The number of aromatic nitrogens is 2. The van der Waals surface area contributed by atoms with Gasteiger partial charge < -0.3 is 15.5 Å². The van der Waals surface area contributed by atoms with Gasteiger partial charge in [-0.3, -0.25) is 9.78 Å². The quantitative estimate of drug-likeness (QED) is 0.380. The lowest BCUT2D eigenvalue weighted by atomic mass is 10.0. The second kappa shape index (κ2) is 9.46. The lowest BCUT2D eigenvalue weighted by molar-refractivity contribution is 0.103.